The van der Waals surface area contributed by atoms with E-state index >= 15 is 0 Å². The third-order valence-electron chi connectivity index (χ3n) is 2.65. The van der Waals surface area contributed by atoms with Gasteiger partial charge in [-0.3, -0.25) is 4.90 Å². The van der Waals surface area contributed by atoms with Crippen molar-refractivity contribution < 1.29 is 13.7 Å². The van der Waals surface area contributed by atoms with Crippen molar-refractivity contribution in [3.05, 3.63) is 47.6 Å². The van der Waals surface area contributed by atoms with Gasteiger partial charge in [-0.2, -0.15) is 0 Å². The van der Waals surface area contributed by atoms with Crippen LogP contribution in [0.3, 0.4) is 0 Å². The average Bonchev–Trinajstić information content (AvgIpc) is 2.75. The number of nitrogens with zero attached hydrogens (tertiary/aromatic N) is 2. The number of rotatable bonds is 6. The minimum Gasteiger partial charge on any atom is -0.492 e. The third kappa shape index (κ3) is 4.37. The Bertz CT molecular complexity index is 528. The van der Waals surface area contributed by atoms with Crippen molar-refractivity contribution in [2.24, 2.45) is 0 Å². The summed E-state index contributed by atoms with van der Waals surface area (Å²) < 4.78 is 23.4. The predicted octanol–water partition coefficient (Wildman–Crippen LogP) is 2.63. The Morgan fingerprint density at radius 1 is 1.37 bits per heavy atom. The number of hydrogen-bond donors (Lipinski definition) is 0. The minimum atomic E-state index is -0.288. The van der Waals surface area contributed by atoms with Gasteiger partial charge in [0, 0.05) is 25.2 Å². The van der Waals surface area contributed by atoms with E-state index in [1.54, 1.807) is 12.1 Å². The standard InChI is InChI=1S/C14H17FN2O2/c1-11-8-13(16-19-11)10-17(2)6-7-18-14-5-3-4-12(15)9-14/h3-5,8-9H,6-7,10H2,1-2H3. The van der Waals surface area contributed by atoms with Crippen molar-refractivity contribution in [2.45, 2.75) is 13.5 Å². The Balaban J connectivity index is 1.73. The highest BCUT2D eigenvalue weighted by Crippen LogP contribution is 2.11. The molecule has 19 heavy (non-hydrogen) atoms. The first kappa shape index (κ1) is 13.5. The molecule has 0 aliphatic heterocycles. The Kier molecular flexibility index (Phi) is 4.52. The van der Waals surface area contributed by atoms with E-state index in [0.29, 0.717) is 18.9 Å². The van der Waals surface area contributed by atoms with Crippen LogP contribution in [0.2, 0.25) is 0 Å². The number of aromatic nitrogens is 1. The highest BCUT2D eigenvalue weighted by molar-refractivity contribution is 5.22. The van der Waals surface area contributed by atoms with Crippen LogP contribution in [0.5, 0.6) is 5.75 Å². The lowest BCUT2D eigenvalue weighted by molar-refractivity contribution is 0.228. The van der Waals surface area contributed by atoms with Crippen LogP contribution < -0.4 is 4.74 Å². The molecule has 0 unspecified atom stereocenters. The van der Waals surface area contributed by atoms with Crippen molar-refractivity contribution in [2.75, 3.05) is 20.2 Å². The monoisotopic (exact) mass is 264 g/mol. The third-order valence-corrected chi connectivity index (χ3v) is 2.65. The minimum absolute atomic E-state index is 0.288. The van der Waals surface area contributed by atoms with Gasteiger partial charge < -0.3 is 9.26 Å². The summed E-state index contributed by atoms with van der Waals surface area (Å²) in [6, 6.07) is 8.05. The largest absolute Gasteiger partial charge is 0.492 e. The van der Waals surface area contributed by atoms with E-state index in [1.807, 2.05) is 20.0 Å². The summed E-state index contributed by atoms with van der Waals surface area (Å²) in [5, 5.41) is 3.93. The first-order chi connectivity index (χ1) is 9.13. The Labute approximate surface area is 111 Å². The molecule has 2 aromatic rings. The molecular formula is C14H17FN2O2. The first-order valence-corrected chi connectivity index (χ1v) is 6.12. The molecule has 0 saturated heterocycles. The summed E-state index contributed by atoms with van der Waals surface area (Å²) in [7, 11) is 1.97. The van der Waals surface area contributed by atoms with E-state index in [0.717, 1.165) is 18.0 Å². The van der Waals surface area contributed by atoms with Crippen molar-refractivity contribution in [3.63, 3.8) is 0 Å². The van der Waals surface area contributed by atoms with Crippen LogP contribution >= 0.6 is 0 Å². The summed E-state index contributed by atoms with van der Waals surface area (Å²) >= 11 is 0. The molecule has 1 aromatic heterocycles. The van der Waals surface area contributed by atoms with Gasteiger partial charge >= 0.3 is 0 Å². The van der Waals surface area contributed by atoms with Crippen molar-refractivity contribution >= 4 is 0 Å². The lowest BCUT2D eigenvalue weighted by Gasteiger charge is -2.15. The van der Waals surface area contributed by atoms with E-state index in [2.05, 4.69) is 10.1 Å². The van der Waals surface area contributed by atoms with Gasteiger partial charge in [0.05, 0.1) is 5.69 Å². The molecule has 0 aliphatic carbocycles. The van der Waals surface area contributed by atoms with Gasteiger partial charge in [-0.1, -0.05) is 11.2 Å². The Hall–Kier alpha value is -1.88. The molecule has 5 heteroatoms. The highest BCUT2D eigenvalue weighted by atomic mass is 19.1. The van der Waals surface area contributed by atoms with E-state index in [1.165, 1.54) is 12.1 Å². The van der Waals surface area contributed by atoms with Crippen LogP contribution in [-0.4, -0.2) is 30.3 Å². The Morgan fingerprint density at radius 2 is 2.21 bits per heavy atom. The molecule has 102 valence electrons. The molecule has 0 radical (unpaired) electrons. The second kappa shape index (κ2) is 6.33. The van der Waals surface area contributed by atoms with Crippen LogP contribution in [0.25, 0.3) is 0 Å². The summed E-state index contributed by atoms with van der Waals surface area (Å²) in [5.74, 6) is 1.06. The fourth-order valence-electron chi connectivity index (χ4n) is 1.72. The molecule has 0 bridgehead atoms. The van der Waals surface area contributed by atoms with E-state index < -0.39 is 0 Å². The van der Waals surface area contributed by atoms with Crippen LogP contribution in [0.1, 0.15) is 11.5 Å². The fourth-order valence-corrected chi connectivity index (χ4v) is 1.72. The predicted molar refractivity (Wildman–Crippen MR) is 69.5 cm³/mol. The highest BCUT2D eigenvalue weighted by Gasteiger charge is 2.05. The molecule has 0 atom stereocenters. The molecule has 1 aromatic carbocycles. The number of benzene rings is 1. The zero-order valence-electron chi connectivity index (χ0n) is 11.1. The number of likely N-dealkylation sites (N-methyl/N-ethyl adjacent to an activating group) is 1. The molecule has 0 fully saturated rings. The van der Waals surface area contributed by atoms with Crippen molar-refractivity contribution in [1.29, 1.82) is 0 Å². The number of hydrogen-bond acceptors (Lipinski definition) is 4. The van der Waals surface area contributed by atoms with Gasteiger partial charge in [0.1, 0.15) is 23.9 Å². The van der Waals surface area contributed by atoms with Crippen LogP contribution in [0.15, 0.2) is 34.9 Å². The molecule has 0 amide bonds. The van der Waals surface area contributed by atoms with Gasteiger partial charge in [-0.25, -0.2) is 4.39 Å². The average molecular weight is 264 g/mol. The maximum Gasteiger partial charge on any atom is 0.133 e. The van der Waals surface area contributed by atoms with Crippen LogP contribution in [0.4, 0.5) is 4.39 Å². The molecule has 0 aliphatic rings. The molecule has 0 spiro atoms. The maximum absolute atomic E-state index is 12.9. The lowest BCUT2D eigenvalue weighted by Crippen LogP contribution is -2.24. The smallest absolute Gasteiger partial charge is 0.133 e. The fraction of sp³-hybridized carbons (Fsp3) is 0.357. The summed E-state index contributed by atoms with van der Waals surface area (Å²) in [4.78, 5) is 2.07. The number of aryl methyl sites for hydroxylation is 1. The summed E-state index contributed by atoms with van der Waals surface area (Å²) in [6.45, 7) is 3.78. The topological polar surface area (TPSA) is 38.5 Å². The number of halogens is 1. The zero-order valence-corrected chi connectivity index (χ0v) is 11.1. The van der Waals surface area contributed by atoms with E-state index in [-0.39, 0.29) is 5.82 Å². The zero-order chi connectivity index (χ0) is 13.7. The van der Waals surface area contributed by atoms with Gasteiger partial charge in [-0.15, -0.1) is 0 Å². The first-order valence-electron chi connectivity index (χ1n) is 6.12. The molecule has 4 nitrogen and oxygen atoms in total. The molecular weight excluding hydrogens is 247 g/mol. The SMILES string of the molecule is Cc1cc(CN(C)CCOc2cccc(F)c2)no1. The maximum atomic E-state index is 12.9. The summed E-state index contributed by atoms with van der Waals surface area (Å²) in [5.41, 5.74) is 0.894. The van der Waals surface area contributed by atoms with E-state index in [9.17, 15) is 4.39 Å². The van der Waals surface area contributed by atoms with Gasteiger partial charge in [0.25, 0.3) is 0 Å². The number of ether oxygens (including phenoxy) is 1. The lowest BCUT2D eigenvalue weighted by atomic mass is 10.3. The quantitative estimate of drug-likeness (QED) is 0.804. The Morgan fingerprint density at radius 3 is 2.89 bits per heavy atom. The van der Waals surface area contributed by atoms with Gasteiger partial charge in [-0.05, 0) is 26.1 Å². The van der Waals surface area contributed by atoms with Gasteiger partial charge in [0.15, 0.2) is 0 Å². The molecule has 0 saturated carbocycles. The molecule has 1 heterocycles. The van der Waals surface area contributed by atoms with Gasteiger partial charge in [0.2, 0.25) is 0 Å². The van der Waals surface area contributed by atoms with Crippen LogP contribution in [-0.2, 0) is 6.54 Å². The normalized spacial score (nSPS) is 10.9. The van der Waals surface area contributed by atoms with Crippen LogP contribution in [0, 0.1) is 12.7 Å². The second-order valence-corrected chi connectivity index (χ2v) is 4.47. The molecule has 2 rings (SSSR count). The molecule has 0 N–H and O–H groups in total. The van der Waals surface area contributed by atoms with E-state index in [4.69, 9.17) is 9.26 Å². The van der Waals surface area contributed by atoms with Crippen molar-refractivity contribution in [3.8, 4) is 5.75 Å². The second-order valence-electron chi connectivity index (χ2n) is 4.47. The van der Waals surface area contributed by atoms with Crippen molar-refractivity contribution in [1.82, 2.24) is 10.1 Å². The summed E-state index contributed by atoms with van der Waals surface area (Å²) in [6.07, 6.45) is 0.